The van der Waals surface area contributed by atoms with E-state index >= 15 is 0 Å². The van der Waals surface area contributed by atoms with Gasteiger partial charge in [-0.1, -0.05) is 12.2 Å². The molecule has 1 saturated heterocycles. The number of hydrogen-bond acceptors (Lipinski definition) is 5. The van der Waals surface area contributed by atoms with Gasteiger partial charge < -0.3 is 19.9 Å². The lowest BCUT2D eigenvalue weighted by Crippen LogP contribution is -2.38. The predicted molar refractivity (Wildman–Crippen MR) is 107 cm³/mol. The maximum absolute atomic E-state index is 12.6. The number of nitrogens with one attached hydrogen (secondary N) is 1. The first kappa shape index (κ1) is 17.4. The van der Waals surface area contributed by atoms with Crippen LogP contribution in [-0.4, -0.2) is 46.8 Å². The van der Waals surface area contributed by atoms with Crippen LogP contribution in [-0.2, 0) is 0 Å². The van der Waals surface area contributed by atoms with E-state index in [9.17, 15) is 14.7 Å². The average molecular weight is 380 g/mol. The summed E-state index contributed by atoms with van der Waals surface area (Å²) < 4.78 is 1.96. The minimum atomic E-state index is -1.18. The quantitative estimate of drug-likeness (QED) is 0.790. The normalized spacial score (nSPS) is 26.6. The standard InChI is InChI=1S/C21H24N4O3/c1-22-17-4-2-3-12-9-24(10-15(12)17)19-7-18-14(8-23-19)20(26)16(21(27)28)11-25(18)13-5-6-13/h2,4,7-8,11-13,15,17,22H,3,5-6,9-10H2,1H3,(H,27,28)/t12-,15+,17-/m1/s1. The Balaban J connectivity index is 1.56. The summed E-state index contributed by atoms with van der Waals surface area (Å²) in [6.07, 6.45) is 10.7. The van der Waals surface area contributed by atoms with Crippen LogP contribution < -0.4 is 15.6 Å². The van der Waals surface area contributed by atoms with Crippen LogP contribution in [0, 0.1) is 11.8 Å². The van der Waals surface area contributed by atoms with Gasteiger partial charge in [-0.15, -0.1) is 0 Å². The van der Waals surface area contributed by atoms with E-state index in [1.165, 1.54) is 6.20 Å². The van der Waals surface area contributed by atoms with Crippen LogP contribution in [0.3, 0.4) is 0 Å². The van der Waals surface area contributed by atoms with Crippen LogP contribution >= 0.6 is 0 Å². The number of pyridine rings is 2. The summed E-state index contributed by atoms with van der Waals surface area (Å²) in [7, 11) is 2.00. The molecular formula is C21H24N4O3. The molecule has 0 aromatic carbocycles. The fraction of sp³-hybridized carbons (Fsp3) is 0.476. The zero-order valence-electron chi connectivity index (χ0n) is 15.8. The van der Waals surface area contributed by atoms with Gasteiger partial charge in [0.25, 0.3) is 0 Å². The van der Waals surface area contributed by atoms with Crippen LogP contribution in [0.15, 0.2) is 35.4 Å². The molecule has 1 saturated carbocycles. The van der Waals surface area contributed by atoms with E-state index in [-0.39, 0.29) is 11.6 Å². The number of carboxylic acid groups (broad SMARTS) is 1. The third-order valence-electron chi connectivity index (χ3n) is 6.47. The first-order valence-electron chi connectivity index (χ1n) is 9.94. The molecule has 1 aliphatic heterocycles. The first-order valence-corrected chi connectivity index (χ1v) is 9.94. The average Bonchev–Trinajstić information content (AvgIpc) is 3.44. The second-order valence-electron chi connectivity index (χ2n) is 8.18. The Hall–Kier alpha value is -2.67. The van der Waals surface area contributed by atoms with E-state index < -0.39 is 11.4 Å². The number of aromatic carboxylic acids is 1. The van der Waals surface area contributed by atoms with E-state index in [0.29, 0.717) is 23.3 Å². The molecule has 0 spiro atoms. The van der Waals surface area contributed by atoms with Crippen LogP contribution in [0.25, 0.3) is 10.9 Å². The summed E-state index contributed by atoms with van der Waals surface area (Å²) in [6.45, 7) is 1.88. The molecule has 2 aliphatic carbocycles. The second-order valence-corrected chi connectivity index (χ2v) is 8.18. The van der Waals surface area contributed by atoms with Gasteiger partial charge in [0.15, 0.2) is 0 Å². The molecule has 7 heteroatoms. The number of anilines is 1. The SMILES string of the molecule is CN[C@@H]1C=CC[C@@H]2CN(c3cc4c(cn3)c(=O)c(C(=O)O)cn4C3CC3)C[C@@H]21. The molecule has 3 aliphatic rings. The van der Waals surface area contributed by atoms with Crippen molar-refractivity contribution in [3.8, 4) is 0 Å². The number of fused-ring (bicyclic) bond motifs is 2. The molecule has 0 amide bonds. The van der Waals surface area contributed by atoms with Gasteiger partial charge >= 0.3 is 5.97 Å². The van der Waals surface area contributed by atoms with Crippen LogP contribution in [0.2, 0.25) is 0 Å². The molecule has 5 rings (SSSR count). The molecule has 2 aromatic heterocycles. The highest BCUT2D eigenvalue weighted by atomic mass is 16.4. The molecule has 3 heterocycles. The van der Waals surface area contributed by atoms with Gasteiger partial charge in [0, 0.05) is 49.6 Å². The van der Waals surface area contributed by atoms with Crippen molar-refractivity contribution >= 4 is 22.7 Å². The van der Waals surface area contributed by atoms with E-state index in [4.69, 9.17) is 0 Å². The van der Waals surface area contributed by atoms with Crippen molar-refractivity contribution in [2.45, 2.75) is 31.3 Å². The van der Waals surface area contributed by atoms with Gasteiger partial charge in [-0.25, -0.2) is 9.78 Å². The number of carboxylic acids is 1. The fourth-order valence-electron chi connectivity index (χ4n) is 4.81. The smallest absolute Gasteiger partial charge is 0.341 e. The van der Waals surface area contributed by atoms with Crippen molar-refractivity contribution in [1.82, 2.24) is 14.9 Å². The van der Waals surface area contributed by atoms with Gasteiger partial charge in [0.05, 0.1) is 10.9 Å². The molecule has 0 radical (unpaired) electrons. The minimum Gasteiger partial charge on any atom is -0.477 e. The number of allylic oxidation sites excluding steroid dienone is 1. The molecular weight excluding hydrogens is 356 g/mol. The highest BCUT2D eigenvalue weighted by molar-refractivity contribution is 5.93. The van der Waals surface area contributed by atoms with Crippen molar-refractivity contribution in [1.29, 1.82) is 0 Å². The van der Waals surface area contributed by atoms with Crippen LogP contribution in [0.4, 0.5) is 5.82 Å². The number of rotatable bonds is 4. The molecule has 2 N–H and O–H groups in total. The monoisotopic (exact) mass is 380 g/mol. The van der Waals surface area contributed by atoms with Crippen molar-refractivity contribution < 1.29 is 9.90 Å². The first-order chi connectivity index (χ1) is 13.6. The molecule has 2 fully saturated rings. The fourth-order valence-corrected chi connectivity index (χ4v) is 4.81. The molecule has 3 atom stereocenters. The topological polar surface area (TPSA) is 87.5 Å². The van der Waals surface area contributed by atoms with E-state index in [2.05, 4.69) is 27.4 Å². The Kier molecular flexibility index (Phi) is 4.01. The highest BCUT2D eigenvalue weighted by Gasteiger charge is 2.38. The van der Waals surface area contributed by atoms with E-state index in [1.54, 1.807) is 6.20 Å². The molecule has 0 bridgehead atoms. The zero-order chi connectivity index (χ0) is 19.4. The number of aromatic nitrogens is 2. The largest absolute Gasteiger partial charge is 0.477 e. The summed E-state index contributed by atoms with van der Waals surface area (Å²) in [4.78, 5) is 31.0. The molecule has 2 aromatic rings. The Labute approximate surface area is 162 Å². The molecule has 0 unspecified atom stereocenters. The van der Waals surface area contributed by atoms with Crippen LogP contribution in [0.5, 0.6) is 0 Å². The summed E-state index contributed by atoms with van der Waals surface area (Å²) >= 11 is 0. The van der Waals surface area contributed by atoms with Gasteiger partial charge in [-0.3, -0.25) is 4.79 Å². The number of carbonyl (C=O) groups is 1. The third kappa shape index (κ3) is 2.73. The predicted octanol–water partition coefficient (Wildman–Crippen LogP) is 2.03. The van der Waals surface area contributed by atoms with Crippen LogP contribution in [0.1, 0.15) is 35.7 Å². The number of hydrogen-bond donors (Lipinski definition) is 2. The van der Waals surface area contributed by atoms with Crippen molar-refractivity contribution in [2.24, 2.45) is 11.8 Å². The van der Waals surface area contributed by atoms with Crippen molar-refractivity contribution in [2.75, 3.05) is 25.0 Å². The van der Waals surface area contributed by atoms with Gasteiger partial charge in [0.2, 0.25) is 5.43 Å². The van der Waals surface area contributed by atoms with E-state index in [1.807, 2.05) is 17.7 Å². The highest BCUT2D eigenvalue weighted by Crippen LogP contribution is 2.39. The zero-order valence-corrected chi connectivity index (χ0v) is 15.8. The third-order valence-corrected chi connectivity index (χ3v) is 6.47. The summed E-state index contributed by atoms with van der Waals surface area (Å²) in [6, 6.07) is 2.63. The Bertz CT molecular complexity index is 1040. The lowest BCUT2D eigenvalue weighted by molar-refractivity contribution is 0.0695. The lowest BCUT2D eigenvalue weighted by atomic mass is 9.82. The Morgan fingerprint density at radius 1 is 1.32 bits per heavy atom. The maximum Gasteiger partial charge on any atom is 0.341 e. The second kappa shape index (κ2) is 6.44. The van der Waals surface area contributed by atoms with Gasteiger partial charge in [-0.05, 0) is 32.2 Å². The maximum atomic E-state index is 12.6. The number of likely N-dealkylation sites (N-methyl/N-ethyl adjacent to an activating group) is 1. The van der Waals surface area contributed by atoms with E-state index in [0.717, 1.165) is 43.7 Å². The summed E-state index contributed by atoms with van der Waals surface area (Å²) in [5.41, 5.74) is 0.165. The molecule has 28 heavy (non-hydrogen) atoms. The minimum absolute atomic E-state index is 0.177. The van der Waals surface area contributed by atoms with Gasteiger partial charge in [0.1, 0.15) is 11.4 Å². The Morgan fingerprint density at radius 2 is 2.14 bits per heavy atom. The number of nitrogens with zero attached hydrogens (tertiary/aromatic N) is 3. The van der Waals surface area contributed by atoms with Crippen molar-refractivity contribution in [3.05, 3.63) is 46.4 Å². The van der Waals surface area contributed by atoms with Gasteiger partial charge in [-0.2, -0.15) is 0 Å². The summed E-state index contributed by atoms with van der Waals surface area (Å²) in [5.74, 6) is 0.834. The lowest BCUT2D eigenvalue weighted by Gasteiger charge is -2.28. The van der Waals surface area contributed by atoms with Crippen molar-refractivity contribution in [3.63, 3.8) is 0 Å². The Morgan fingerprint density at radius 3 is 2.86 bits per heavy atom. The molecule has 7 nitrogen and oxygen atoms in total. The summed E-state index contributed by atoms with van der Waals surface area (Å²) in [5, 5.41) is 13.2. The molecule has 146 valence electrons.